The second-order valence-electron chi connectivity index (χ2n) is 6.77. The summed E-state index contributed by atoms with van der Waals surface area (Å²) in [6, 6.07) is 18.1. The lowest BCUT2D eigenvalue weighted by atomic mass is 10.1. The Labute approximate surface area is 172 Å². The van der Waals surface area contributed by atoms with E-state index in [1.54, 1.807) is 18.0 Å². The third kappa shape index (κ3) is 3.56. The number of aryl methyl sites for hydroxylation is 1. The Morgan fingerprint density at radius 2 is 1.90 bits per heavy atom. The Morgan fingerprint density at radius 3 is 2.72 bits per heavy atom. The van der Waals surface area contributed by atoms with Crippen molar-refractivity contribution in [1.29, 1.82) is 0 Å². The standard InChI is InChI=1S/C22H19N5OS/c1-16-7-2-3-9-19(16)21-24-25-22(27(21)14-18-8-6-12-28-18)29-15-17-13-26-11-5-4-10-20(26)23-17/h2-13H,14-15H2,1H3. The van der Waals surface area contributed by atoms with Gasteiger partial charge in [-0.15, -0.1) is 10.2 Å². The third-order valence-corrected chi connectivity index (χ3v) is 5.76. The van der Waals surface area contributed by atoms with Crippen molar-refractivity contribution in [3.8, 4) is 11.4 Å². The highest BCUT2D eigenvalue weighted by atomic mass is 32.2. The van der Waals surface area contributed by atoms with Crippen LogP contribution in [0.15, 0.2) is 82.8 Å². The zero-order valence-corrected chi connectivity index (χ0v) is 16.7. The lowest BCUT2D eigenvalue weighted by molar-refractivity contribution is 0.485. The normalized spacial score (nSPS) is 11.3. The molecule has 0 bridgehead atoms. The van der Waals surface area contributed by atoms with Crippen LogP contribution in [0.2, 0.25) is 0 Å². The average Bonchev–Trinajstić information content (AvgIpc) is 3.47. The number of imidazole rings is 1. The highest BCUT2D eigenvalue weighted by Crippen LogP contribution is 2.29. The number of benzene rings is 1. The van der Waals surface area contributed by atoms with E-state index in [1.165, 1.54) is 0 Å². The van der Waals surface area contributed by atoms with Gasteiger partial charge in [0.1, 0.15) is 11.4 Å². The first-order valence-electron chi connectivity index (χ1n) is 9.35. The lowest BCUT2D eigenvalue weighted by Crippen LogP contribution is -2.04. The van der Waals surface area contributed by atoms with E-state index < -0.39 is 0 Å². The van der Waals surface area contributed by atoms with Crippen molar-refractivity contribution < 1.29 is 4.42 Å². The van der Waals surface area contributed by atoms with Crippen LogP contribution in [0.25, 0.3) is 17.0 Å². The molecular formula is C22H19N5OS. The number of rotatable bonds is 6. The number of pyridine rings is 1. The molecule has 6 nitrogen and oxygen atoms in total. The van der Waals surface area contributed by atoms with Crippen molar-refractivity contribution in [1.82, 2.24) is 24.1 Å². The molecule has 0 atom stereocenters. The van der Waals surface area contributed by atoms with E-state index in [0.717, 1.165) is 39.2 Å². The number of aromatic nitrogens is 5. The minimum Gasteiger partial charge on any atom is -0.467 e. The maximum atomic E-state index is 5.58. The van der Waals surface area contributed by atoms with E-state index in [-0.39, 0.29) is 0 Å². The molecule has 4 heterocycles. The molecule has 4 aromatic heterocycles. The highest BCUT2D eigenvalue weighted by Gasteiger charge is 2.17. The Kier molecular flexibility index (Phi) is 4.65. The van der Waals surface area contributed by atoms with Gasteiger partial charge in [-0.05, 0) is 36.8 Å². The molecule has 1 aromatic carbocycles. The van der Waals surface area contributed by atoms with Gasteiger partial charge in [0, 0.05) is 23.7 Å². The second-order valence-corrected chi connectivity index (χ2v) is 7.72. The summed E-state index contributed by atoms with van der Waals surface area (Å²) in [5.74, 6) is 2.43. The van der Waals surface area contributed by atoms with Crippen LogP contribution in [0.5, 0.6) is 0 Å². The number of fused-ring (bicyclic) bond motifs is 1. The van der Waals surface area contributed by atoms with Crippen LogP contribution < -0.4 is 0 Å². The molecule has 29 heavy (non-hydrogen) atoms. The second kappa shape index (κ2) is 7.60. The van der Waals surface area contributed by atoms with Crippen molar-refractivity contribution in [2.24, 2.45) is 0 Å². The first kappa shape index (κ1) is 17.8. The van der Waals surface area contributed by atoms with Crippen LogP contribution in [0.3, 0.4) is 0 Å². The van der Waals surface area contributed by atoms with Crippen LogP contribution in [-0.4, -0.2) is 24.1 Å². The van der Waals surface area contributed by atoms with Crippen LogP contribution in [0, 0.1) is 6.92 Å². The fourth-order valence-electron chi connectivity index (χ4n) is 3.31. The summed E-state index contributed by atoms with van der Waals surface area (Å²) in [4.78, 5) is 4.68. The predicted octanol–water partition coefficient (Wildman–Crippen LogP) is 4.83. The van der Waals surface area contributed by atoms with Crippen LogP contribution in [0.1, 0.15) is 17.0 Å². The summed E-state index contributed by atoms with van der Waals surface area (Å²) >= 11 is 1.63. The van der Waals surface area contributed by atoms with Crippen molar-refractivity contribution in [2.45, 2.75) is 24.4 Å². The van der Waals surface area contributed by atoms with Crippen molar-refractivity contribution in [2.75, 3.05) is 0 Å². The Hall–Kier alpha value is -3.32. The molecule has 0 fully saturated rings. The monoisotopic (exact) mass is 401 g/mol. The molecule has 0 radical (unpaired) electrons. The van der Waals surface area contributed by atoms with Gasteiger partial charge >= 0.3 is 0 Å². The summed E-state index contributed by atoms with van der Waals surface area (Å²) in [6.07, 6.45) is 5.75. The van der Waals surface area contributed by atoms with Gasteiger partial charge in [-0.3, -0.25) is 4.57 Å². The summed E-state index contributed by atoms with van der Waals surface area (Å²) in [6.45, 7) is 2.67. The van der Waals surface area contributed by atoms with Gasteiger partial charge in [-0.1, -0.05) is 42.1 Å². The molecular weight excluding hydrogens is 382 g/mol. The van der Waals surface area contributed by atoms with Gasteiger partial charge < -0.3 is 8.82 Å². The van der Waals surface area contributed by atoms with Gasteiger partial charge in [0.2, 0.25) is 0 Å². The quantitative estimate of drug-likeness (QED) is 0.381. The molecule has 5 aromatic rings. The fourth-order valence-corrected chi connectivity index (χ4v) is 4.14. The molecule has 0 saturated carbocycles. The molecule has 0 amide bonds. The summed E-state index contributed by atoms with van der Waals surface area (Å²) < 4.78 is 9.73. The van der Waals surface area contributed by atoms with Gasteiger partial charge in [0.05, 0.1) is 18.5 Å². The van der Waals surface area contributed by atoms with Gasteiger partial charge in [-0.2, -0.15) is 0 Å². The molecule has 0 aliphatic rings. The first-order valence-corrected chi connectivity index (χ1v) is 10.3. The third-order valence-electron chi connectivity index (χ3n) is 4.76. The largest absolute Gasteiger partial charge is 0.467 e. The van der Waals surface area contributed by atoms with E-state index in [1.807, 2.05) is 53.1 Å². The summed E-state index contributed by atoms with van der Waals surface area (Å²) in [7, 11) is 0. The van der Waals surface area contributed by atoms with Gasteiger partial charge in [0.15, 0.2) is 11.0 Å². The van der Waals surface area contributed by atoms with Gasteiger partial charge in [-0.25, -0.2) is 4.98 Å². The molecule has 0 aliphatic heterocycles. The number of hydrogen-bond acceptors (Lipinski definition) is 5. The minimum absolute atomic E-state index is 0.581. The number of furan rings is 1. The van der Waals surface area contributed by atoms with E-state index in [4.69, 9.17) is 4.42 Å². The van der Waals surface area contributed by atoms with Crippen molar-refractivity contribution >= 4 is 17.4 Å². The zero-order valence-electron chi connectivity index (χ0n) is 15.9. The lowest BCUT2D eigenvalue weighted by Gasteiger charge is -2.10. The first-order chi connectivity index (χ1) is 14.3. The predicted molar refractivity (Wildman–Crippen MR) is 113 cm³/mol. The Morgan fingerprint density at radius 1 is 1.00 bits per heavy atom. The number of nitrogens with zero attached hydrogens (tertiary/aromatic N) is 5. The van der Waals surface area contributed by atoms with E-state index >= 15 is 0 Å². The topological polar surface area (TPSA) is 61.1 Å². The minimum atomic E-state index is 0.581. The molecule has 5 rings (SSSR count). The highest BCUT2D eigenvalue weighted by molar-refractivity contribution is 7.98. The SMILES string of the molecule is Cc1ccccc1-c1nnc(SCc2cn3ccccc3n2)n1Cc1ccco1. The molecule has 0 saturated heterocycles. The van der Waals surface area contributed by atoms with Crippen LogP contribution >= 0.6 is 11.8 Å². The van der Waals surface area contributed by atoms with E-state index in [0.29, 0.717) is 12.3 Å². The molecule has 0 unspecified atom stereocenters. The fraction of sp³-hybridized carbons (Fsp3) is 0.136. The maximum absolute atomic E-state index is 5.58. The van der Waals surface area contributed by atoms with E-state index in [9.17, 15) is 0 Å². The summed E-state index contributed by atoms with van der Waals surface area (Å²) in [5.41, 5.74) is 4.19. The smallest absolute Gasteiger partial charge is 0.192 e. The molecule has 0 aliphatic carbocycles. The molecule has 0 spiro atoms. The number of hydrogen-bond donors (Lipinski definition) is 0. The molecule has 144 valence electrons. The zero-order chi connectivity index (χ0) is 19.6. The van der Waals surface area contributed by atoms with Crippen LogP contribution in [0.4, 0.5) is 0 Å². The Balaban J connectivity index is 1.47. The molecule has 7 heteroatoms. The average molecular weight is 401 g/mol. The van der Waals surface area contributed by atoms with Gasteiger partial charge in [0.25, 0.3) is 0 Å². The van der Waals surface area contributed by atoms with Crippen LogP contribution in [-0.2, 0) is 12.3 Å². The van der Waals surface area contributed by atoms with Crippen molar-refractivity contribution in [3.05, 3.63) is 90.3 Å². The van der Waals surface area contributed by atoms with E-state index in [2.05, 4.69) is 45.0 Å². The maximum Gasteiger partial charge on any atom is 0.192 e. The van der Waals surface area contributed by atoms with Crippen molar-refractivity contribution in [3.63, 3.8) is 0 Å². The summed E-state index contributed by atoms with van der Waals surface area (Å²) in [5, 5.41) is 9.83. The Bertz CT molecular complexity index is 1220. The number of thioether (sulfide) groups is 1. The molecule has 0 N–H and O–H groups in total.